The van der Waals surface area contributed by atoms with Gasteiger partial charge in [0.15, 0.2) is 0 Å². The van der Waals surface area contributed by atoms with E-state index in [1.807, 2.05) is 31.4 Å². The first-order valence-electron chi connectivity index (χ1n) is 7.68. The van der Waals surface area contributed by atoms with Crippen LogP contribution in [-0.4, -0.2) is 28.7 Å². The third kappa shape index (κ3) is 5.56. The predicted octanol–water partition coefficient (Wildman–Crippen LogP) is 3.19. The molecule has 6 heteroatoms. The summed E-state index contributed by atoms with van der Waals surface area (Å²) in [7, 11) is 0. The molecule has 0 unspecified atom stereocenters. The Morgan fingerprint density at radius 1 is 1.30 bits per heavy atom. The Hall–Kier alpha value is -2.08. The number of aromatic nitrogens is 1. The average Bonchev–Trinajstić information content (AvgIpc) is 2.94. The second-order valence-corrected chi connectivity index (χ2v) is 6.74. The highest BCUT2D eigenvalue weighted by molar-refractivity contribution is 7.09. The number of rotatable bonds is 6. The zero-order valence-corrected chi connectivity index (χ0v) is 14.5. The maximum Gasteiger partial charge on any atom is 0.315 e. The lowest BCUT2D eigenvalue weighted by atomic mass is 10.1. The molecule has 1 aromatic carbocycles. The monoisotopic (exact) mass is 333 g/mol. The van der Waals surface area contributed by atoms with Gasteiger partial charge in [-0.1, -0.05) is 19.1 Å². The fraction of sp³-hybridized carbons (Fsp3) is 0.412. The van der Waals surface area contributed by atoms with Crippen molar-refractivity contribution in [3.63, 3.8) is 0 Å². The molecule has 0 saturated carbocycles. The molecule has 0 spiro atoms. The topological polar surface area (TPSA) is 74.2 Å². The number of benzene rings is 1. The van der Waals surface area contributed by atoms with Crippen molar-refractivity contribution in [2.45, 2.75) is 39.2 Å². The van der Waals surface area contributed by atoms with Crippen molar-refractivity contribution in [3.05, 3.63) is 45.9 Å². The summed E-state index contributed by atoms with van der Waals surface area (Å²) < 4.78 is 0. The molecule has 2 atom stereocenters. The molecular weight excluding hydrogens is 310 g/mol. The van der Waals surface area contributed by atoms with Crippen LogP contribution in [0.25, 0.3) is 0 Å². The van der Waals surface area contributed by atoms with Gasteiger partial charge >= 0.3 is 6.03 Å². The minimum absolute atomic E-state index is 0.0111. The molecule has 124 valence electrons. The Kier molecular flexibility index (Phi) is 5.98. The Bertz CT molecular complexity index is 640. The quantitative estimate of drug-likeness (QED) is 0.760. The summed E-state index contributed by atoms with van der Waals surface area (Å²) in [5.41, 5.74) is 2.09. The van der Waals surface area contributed by atoms with E-state index in [0.29, 0.717) is 6.54 Å². The minimum atomic E-state index is -0.170. The molecule has 0 saturated heterocycles. The van der Waals surface area contributed by atoms with E-state index < -0.39 is 0 Å². The zero-order chi connectivity index (χ0) is 16.8. The van der Waals surface area contributed by atoms with Gasteiger partial charge in [-0.15, -0.1) is 11.3 Å². The molecule has 0 fully saturated rings. The van der Waals surface area contributed by atoms with Crippen molar-refractivity contribution in [2.75, 3.05) is 6.54 Å². The molecule has 5 nitrogen and oxygen atoms in total. The van der Waals surface area contributed by atoms with Crippen LogP contribution >= 0.6 is 11.3 Å². The summed E-state index contributed by atoms with van der Waals surface area (Å²) in [6, 6.07) is 6.87. The van der Waals surface area contributed by atoms with Gasteiger partial charge in [-0.25, -0.2) is 9.78 Å². The number of aromatic hydroxyl groups is 1. The number of aryl methyl sites for hydroxylation is 1. The SMILES string of the molecule is Cc1csc([C@@H](C)CNC(=O)N[C@H](C)Cc2ccc(O)cc2)n1. The average molecular weight is 333 g/mol. The van der Waals surface area contributed by atoms with Crippen LogP contribution in [0.2, 0.25) is 0 Å². The molecule has 3 N–H and O–H groups in total. The van der Waals surface area contributed by atoms with E-state index in [4.69, 9.17) is 0 Å². The largest absolute Gasteiger partial charge is 0.508 e. The van der Waals surface area contributed by atoms with Crippen molar-refractivity contribution in [2.24, 2.45) is 0 Å². The molecule has 2 aromatic rings. The van der Waals surface area contributed by atoms with E-state index in [1.165, 1.54) is 0 Å². The summed E-state index contributed by atoms with van der Waals surface area (Å²) in [5, 5.41) is 18.1. The predicted molar refractivity (Wildman–Crippen MR) is 93.1 cm³/mol. The maximum atomic E-state index is 12.0. The number of hydrogen-bond acceptors (Lipinski definition) is 4. The third-order valence-corrected chi connectivity index (χ3v) is 4.68. The van der Waals surface area contributed by atoms with Gasteiger partial charge in [0.05, 0.1) is 5.01 Å². The molecule has 0 bridgehead atoms. The van der Waals surface area contributed by atoms with Crippen LogP contribution in [0, 0.1) is 6.92 Å². The standard InChI is InChI=1S/C17H23N3O2S/c1-11(16-19-13(3)10-23-16)9-18-17(22)20-12(2)8-14-4-6-15(21)7-5-14/h4-7,10-12,21H,8-9H2,1-3H3,(H2,18,20,22)/t11-,12+/m0/s1. The molecular formula is C17H23N3O2S. The fourth-order valence-electron chi connectivity index (χ4n) is 2.24. The highest BCUT2D eigenvalue weighted by Crippen LogP contribution is 2.18. The lowest BCUT2D eigenvalue weighted by molar-refractivity contribution is 0.237. The second-order valence-electron chi connectivity index (χ2n) is 5.85. The normalized spacial score (nSPS) is 13.3. The summed E-state index contributed by atoms with van der Waals surface area (Å²) >= 11 is 1.62. The summed E-state index contributed by atoms with van der Waals surface area (Å²) in [6.45, 7) is 6.54. The lowest BCUT2D eigenvalue weighted by Gasteiger charge is -2.16. The zero-order valence-electron chi connectivity index (χ0n) is 13.7. The number of phenolic OH excluding ortho intramolecular Hbond substituents is 1. The number of urea groups is 1. The Morgan fingerprint density at radius 2 is 2.00 bits per heavy atom. The lowest BCUT2D eigenvalue weighted by Crippen LogP contribution is -2.42. The molecule has 0 aliphatic heterocycles. The first kappa shape index (κ1) is 17.3. The van der Waals surface area contributed by atoms with Crippen LogP contribution < -0.4 is 10.6 Å². The molecule has 2 rings (SSSR count). The highest BCUT2D eigenvalue weighted by atomic mass is 32.1. The van der Waals surface area contributed by atoms with Crippen molar-refractivity contribution in [1.29, 1.82) is 0 Å². The minimum Gasteiger partial charge on any atom is -0.508 e. The summed E-state index contributed by atoms with van der Waals surface area (Å²) in [5.74, 6) is 0.449. The Morgan fingerprint density at radius 3 is 2.61 bits per heavy atom. The van der Waals surface area contributed by atoms with Gasteiger partial charge in [-0.05, 0) is 38.0 Å². The van der Waals surface area contributed by atoms with Crippen molar-refractivity contribution < 1.29 is 9.90 Å². The van der Waals surface area contributed by atoms with Crippen molar-refractivity contribution >= 4 is 17.4 Å². The van der Waals surface area contributed by atoms with Crippen LogP contribution in [0.3, 0.4) is 0 Å². The van der Waals surface area contributed by atoms with Gasteiger partial charge in [0.1, 0.15) is 5.75 Å². The van der Waals surface area contributed by atoms with E-state index in [2.05, 4.69) is 22.5 Å². The second kappa shape index (κ2) is 7.97. The van der Waals surface area contributed by atoms with Gasteiger partial charge in [-0.3, -0.25) is 0 Å². The van der Waals surface area contributed by atoms with E-state index in [1.54, 1.807) is 23.5 Å². The Labute approximate surface area is 140 Å². The molecule has 0 radical (unpaired) electrons. The number of carbonyl (C=O) groups is 1. The molecule has 1 aromatic heterocycles. The number of nitrogens with zero attached hydrogens (tertiary/aromatic N) is 1. The number of nitrogens with one attached hydrogen (secondary N) is 2. The van der Waals surface area contributed by atoms with Crippen LogP contribution in [0.5, 0.6) is 5.75 Å². The summed E-state index contributed by atoms with van der Waals surface area (Å²) in [4.78, 5) is 16.4. The van der Waals surface area contributed by atoms with Crippen molar-refractivity contribution in [3.8, 4) is 5.75 Å². The smallest absolute Gasteiger partial charge is 0.315 e. The molecule has 0 aliphatic rings. The first-order valence-corrected chi connectivity index (χ1v) is 8.56. The van der Waals surface area contributed by atoms with E-state index in [9.17, 15) is 9.90 Å². The number of amides is 2. The molecule has 0 aliphatic carbocycles. The van der Waals surface area contributed by atoms with Crippen LogP contribution in [0.1, 0.15) is 36.0 Å². The third-order valence-electron chi connectivity index (χ3n) is 3.48. The number of hydrogen-bond donors (Lipinski definition) is 3. The van der Waals surface area contributed by atoms with Crippen LogP contribution in [0.15, 0.2) is 29.6 Å². The first-order chi connectivity index (χ1) is 10.9. The van der Waals surface area contributed by atoms with E-state index in [-0.39, 0.29) is 23.7 Å². The number of carbonyl (C=O) groups excluding carboxylic acids is 1. The Balaban J connectivity index is 1.74. The fourth-order valence-corrected chi connectivity index (χ4v) is 3.10. The van der Waals surface area contributed by atoms with Crippen LogP contribution in [0.4, 0.5) is 4.79 Å². The number of phenols is 1. The van der Waals surface area contributed by atoms with E-state index in [0.717, 1.165) is 22.7 Å². The molecule has 1 heterocycles. The van der Waals surface area contributed by atoms with Gasteiger partial charge < -0.3 is 15.7 Å². The van der Waals surface area contributed by atoms with Gasteiger partial charge in [0.2, 0.25) is 0 Å². The van der Waals surface area contributed by atoms with Crippen LogP contribution in [-0.2, 0) is 6.42 Å². The maximum absolute atomic E-state index is 12.0. The van der Waals surface area contributed by atoms with E-state index >= 15 is 0 Å². The van der Waals surface area contributed by atoms with Crippen molar-refractivity contribution in [1.82, 2.24) is 15.6 Å². The molecule has 2 amide bonds. The van der Waals surface area contributed by atoms with Gasteiger partial charge in [0.25, 0.3) is 0 Å². The summed E-state index contributed by atoms with van der Waals surface area (Å²) in [6.07, 6.45) is 0.717. The number of thiazole rings is 1. The molecule has 23 heavy (non-hydrogen) atoms. The van der Waals surface area contributed by atoms with Gasteiger partial charge in [0, 0.05) is 29.6 Å². The van der Waals surface area contributed by atoms with Gasteiger partial charge in [-0.2, -0.15) is 0 Å². The highest BCUT2D eigenvalue weighted by Gasteiger charge is 2.12.